The van der Waals surface area contributed by atoms with Crippen LogP contribution in [0.4, 0.5) is 5.69 Å². The van der Waals surface area contributed by atoms with Crippen LogP contribution < -0.4 is 4.90 Å². The van der Waals surface area contributed by atoms with Gasteiger partial charge in [0, 0.05) is 25.3 Å². The maximum atomic E-state index is 11.1. The van der Waals surface area contributed by atoms with Gasteiger partial charge in [-0.05, 0) is 12.1 Å². The maximum absolute atomic E-state index is 11.1. The van der Waals surface area contributed by atoms with Crippen molar-refractivity contribution in [1.82, 2.24) is 0 Å². The molecule has 0 spiro atoms. The van der Waals surface area contributed by atoms with Gasteiger partial charge in [0.1, 0.15) is 0 Å². The quantitative estimate of drug-likeness (QED) is 0.542. The molecule has 0 radical (unpaired) electrons. The lowest BCUT2D eigenvalue weighted by atomic mass is 10.2. The topological polar surface area (TPSA) is 107 Å². The molecule has 3 atom stereocenters. The largest absolute Gasteiger partial charge is 0.378 e. The number of anilines is 1. The summed E-state index contributed by atoms with van der Waals surface area (Å²) in [5, 5.41) is 9.87. The van der Waals surface area contributed by atoms with E-state index >= 15 is 0 Å². The number of benzene rings is 1. The lowest BCUT2D eigenvalue weighted by Crippen LogP contribution is -2.22. The number of hydrogen-bond donors (Lipinski definition) is 3. The number of rotatable bonds is 5. The summed E-state index contributed by atoms with van der Waals surface area (Å²) < 4.78 is 26.1. The molecule has 102 valence electrons. The van der Waals surface area contributed by atoms with Crippen molar-refractivity contribution in [1.29, 1.82) is 0 Å². The molecule has 0 amide bonds. The molecule has 1 aromatic rings. The molecule has 3 N–H and O–H groups in total. The highest BCUT2D eigenvalue weighted by molar-refractivity contribution is 7.40. The minimum absolute atomic E-state index is 0.0492. The van der Waals surface area contributed by atoms with Crippen LogP contribution in [0.5, 0.6) is 0 Å². The van der Waals surface area contributed by atoms with Crippen LogP contribution in [0, 0.1) is 0 Å². The Morgan fingerprint density at radius 1 is 1.17 bits per heavy atom. The maximum Gasteiger partial charge on any atom is 0.319 e. The van der Waals surface area contributed by atoms with E-state index in [1.165, 1.54) is 12.1 Å². The highest BCUT2D eigenvalue weighted by Gasteiger charge is 2.38. The van der Waals surface area contributed by atoms with E-state index in [0.29, 0.717) is 0 Å². The smallest absolute Gasteiger partial charge is 0.319 e. The number of nitrogens with zero attached hydrogens (tertiary/aromatic N) is 1. The van der Waals surface area contributed by atoms with Gasteiger partial charge < -0.3 is 19.8 Å². The zero-order valence-electron chi connectivity index (χ0n) is 9.82. The first-order valence-electron chi connectivity index (χ1n) is 4.93. The minimum atomic E-state index is -3.62. The third-order valence-corrected chi connectivity index (χ3v) is 3.94. The van der Waals surface area contributed by atoms with Crippen LogP contribution in [0.25, 0.3) is 0 Å². The van der Waals surface area contributed by atoms with Crippen molar-refractivity contribution < 1.29 is 28.5 Å². The molecular formula is C9H15NO6P2. The van der Waals surface area contributed by atoms with Gasteiger partial charge in [0.15, 0.2) is 0 Å². The van der Waals surface area contributed by atoms with Crippen molar-refractivity contribution in [2.24, 2.45) is 0 Å². The summed E-state index contributed by atoms with van der Waals surface area (Å²) >= 11 is 0. The van der Waals surface area contributed by atoms with E-state index in [1.807, 2.05) is 0 Å². The van der Waals surface area contributed by atoms with E-state index < -0.39 is 21.8 Å². The standard InChI is InChI=1S/C9H15NO6P2/c1-10(2)8-5-3-7(4-6-8)9(11,17(12)13)16-18(14)15/h3-6,11,17-18H,1-2H3,(H,12,13)(H,14,15). The predicted octanol–water partition coefficient (Wildman–Crippen LogP) is 0.721. The van der Waals surface area contributed by atoms with Gasteiger partial charge in [0.05, 0.1) is 0 Å². The Kier molecular flexibility index (Phi) is 5.10. The summed E-state index contributed by atoms with van der Waals surface area (Å²) in [4.78, 5) is 19.5. The summed E-state index contributed by atoms with van der Waals surface area (Å²) in [5.41, 5.74) is -1.89. The van der Waals surface area contributed by atoms with Crippen LogP contribution in [0.3, 0.4) is 0 Å². The Labute approximate surface area is 105 Å². The number of aliphatic hydroxyl groups is 1. The van der Waals surface area contributed by atoms with E-state index in [0.717, 1.165) is 5.69 Å². The minimum Gasteiger partial charge on any atom is -0.378 e. The molecule has 0 aliphatic rings. The second-order valence-corrected chi connectivity index (χ2v) is 5.78. The van der Waals surface area contributed by atoms with E-state index in [2.05, 4.69) is 4.52 Å². The van der Waals surface area contributed by atoms with Crippen LogP contribution in [0.15, 0.2) is 24.3 Å². The molecule has 0 saturated heterocycles. The van der Waals surface area contributed by atoms with E-state index in [4.69, 9.17) is 9.79 Å². The number of hydrogen-bond acceptors (Lipinski definition) is 5. The molecule has 0 aliphatic carbocycles. The van der Waals surface area contributed by atoms with Crippen molar-refractivity contribution in [3.8, 4) is 0 Å². The Morgan fingerprint density at radius 3 is 2.00 bits per heavy atom. The van der Waals surface area contributed by atoms with Gasteiger partial charge in [-0.25, -0.2) is 0 Å². The summed E-state index contributed by atoms with van der Waals surface area (Å²) in [6.45, 7) is 0. The fourth-order valence-electron chi connectivity index (χ4n) is 1.34. The molecule has 0 bridgehead atoms. The Hall–Kier alpha value is -0.680. The Bertz CT molecular complexity index is 463. The van der Waals surface area contributed by atoms with Crippen molar-refractivity contribution >= 4 is 22.0 Å². The van der Waals surface area contributed by atoms with Gasteiger partial charge in [-0.2, -0.15) is 0 Å². The normalized spacial score (nSPS) is 17.8. The first kappa shape index (κ1) is 15.4. The molecule has 3 unspecified atom stereocenters. The van der Waals surface area contributed by atoms with Crippen molar-refractivity contribution in [3.05, 3.63) is 29.8 Å². The SMILES string of the molecule is CN(C)c1ccc(C(O)(O[PH](=O)O)[PH](=O)O)cc1. The highest BCUT2D eigenvalue weighted by Crippen LogP contribution is 2.48. The van der Waals surface area contributed by atoms with E-state index in [-0.39, 0.29) is 5.56 Å². The third-order valence-electron chi connectivity index (χ3n) is 2.30. The van der Waals surface area contributed by atoms with Gasteiger partial charge >= 0.3 is 8.25 Å². The molecule has 7 nitrogen and oxygen atoms in total. The van der Waals surface area contributed by atoms with Crippen molar-refractivity contribution in [2.75, 3.05) is 19.0 Å². The lowest BCUT2D eigenvalue weighted by molar-refractivity contribution is -0.0741. The van der Waals surface area contributed by atoms with Gasteiger partial charge in [-0.15, -0.1) is 0 Å². The average Bonchev–Trinajstić information content (AvgIpc) is 2.27. The molecule has 1 aromatic carbocycles. The summed E-state index contributed by atoms with van der Waals surface area (Å²) in [6, 6.07) is 5.89. The van der Waals surface area contributed by atoms with Crippen LogP contribution in [0.1, 0.15) is 5.56 Å². The molecule has 0 aliphatic heterocycles. The fraction of sp³-hybridized carbons (Fsp3) is 0.333. The van der Waals surface area contributed by atoms with Crippen molar-refractivity contribution in [3.63, 3.8) is 0 Å². The fourth-order valence-corrected chi connectivity index (χ4v) is 2.73. The van der Waals surface area contributed by atoms with Crippen LogP contribution in [-0.4, -0.2) is 29.0 Å². The molecule has 9 heteroatoms. The predicted molar refractivity (Wildman–Crippen MR) is 68.2 cm³/mol. The summed E-state index contributed by atoms with van der Waals surface area (Å²) in [6.07, 6.45) is 0. The average molecular weight is 295 g/mol. The van der Waals surface area contributed by atoms with Gasteiger partial charge in [-0.1, -0.05) is 12.1 Å². The van der Waals surface area contributed by atoms with Crippen LogP contribution in [-0.2, 0) is 19.2 Å². The molecule has 1 rings (SSSR count). The van der Waals surface area contributed by atoms with Crippen molar-refractivity contribution in [2.45, 2.75) is 5.53 Å². The molecular weight excluding hydrogens is 280 g/mol. The summed E-state index contributed by atoms with van der Waals surface area (Å²) in [7, 11) is -3.56. The summed E-state index contributed by atoms with van der Waals surface area (Å²) in [5.74, 6) is 0. The lowest BCUT2D eigenvalue weighted by Gasteiger charge is -2.24. The van der Waals surface area contributed by atoms with Crippen LogP contribution >= 0.6 is 16.3 Å². The Balaban J connectivity index is 3.14. The molecule has 18 heavy (non-hydrogen) atoms. The zero-order valence-corrected chi connectivity index (χ0v) is 11.8. The monoisotopic (exact) mass is 295 g/mol. The van der Waals surface area contributed by atoms with Crippen LogP contribution in [0.2, 0.25) is 0 Å². The molecule has 0 heterocycles. The third kappa shape index (κ3) is 3.42. The van der Waals surface area contributed by atoms with Gasteiger partial charge in [0.25, 0.3) is 13.6 Å². The molecule has 0 saturated carbocycles. The second kappa shape index (κ2) is 5.97. The van der Waals surface area contributed by atoms with Gasteiger partial charge in [0.2, 0.25) is 0 Å². The first-order valence-corrected chi connectivity index (χ1v) is 7.55. The second-order valence-electron chi connectivity index (χ2n) is 3.76. The molecule has 0 fully saturated rings. The molecule has 0 aromatic heterocycles. The highest BCUT2D eigenvalue weighted by atomic mass is 31.1. The zero-order chi connectivity index (χ0) is 13.9. The van der Waals surface area contributed by atoms with Gasteiger partial charge in [-0.3, -0.25) is 13.7 Å². The van der Waals surface area contributed by atoms with E-state index in [1.54, 1.807) is 31.1 Å². The Morgan fingerprint density at radius 2 is 1.67 bits per heavy atom. The van der Waals surface area contributed by atoms with E-state index in [9.17, 15) is 14.2 Å². The first-order chi connectivity index (χ1) is 8.27.